The van der Waals surface area contributed by atoms with Crippen LogP contribution in [-0.4, -0.2) is 14.8 Å². The molecule has 0 aliphatic rings. The molecule has 1 atom stereocenters. The van der Waals surface area contributed by atoms with E-state index in [2.05, 4.69) is 10.1 Å². The van der Waals surface area contributed by atoms with Gasteiger partial charge in [0.15, 0.2) is 0 Å². The normalized spacial score (nSPS) is 12.7. The van der Waals surface area contributed by atoms with Gasteiger partial charge >= 0.3 is 0 Å². The van der Waals surface area contributed by atoms with E-state index in [1.807, 2.05) is 37.4 Å². The van der Waals surface area contributed by atoms with Crippen LogP contribution in [-0.2, 0) is 7.05 Å². The van der Waals surface area contributed by atoms with E-state index in [9.17, 15) is 0 Å². The van der Waals surface area contributed by atoms with Gasteiger partial charge in [-0.3, -0.25) is 4.68 Å². The Morgan fingerprint density at radius 2 is 2.00 bits per heavy atom. The SMILES string of the molecule is Cn1ncnc1C(N)c1ccccc1. The van der Waals surface area contributed by atoms with Crippen LogP contribution in [0, 0.1) is 0 Å². The fraction of sp³-hybridized carbons (Fsp3) is 0.200. The van der Waals surface area contributed by atoms with Gasteiger partial charge < -0.3 is 5.73 Å². The summed E-state index contributed by atoms with van der Waals surface area (Å²) >= 11 is 0. The highest BCUT2D eigenvalue weighted by Gasteiger charge is 2.12. The highest BCUT2D eigenvalue weighted by molar-refractivity contribution is 5.23. The smallest absolute Gasteiger partial charge is 0.148 e. The van der Waals surface area contributed by atoms with Crippen LogP contribution in [0.1, 0.15) is 17.4 Å². The van der Waals surface area contributed by atoms with Gasteiger partial charge in [-0.1, -0.05) is 30.3 Å². The largest absolute Gasteiger partial charge is 0.318 e. The molecule has 2 aromatic rings. The van der Waals surface area contributed by atoms with Crippen molar-refractivity contribution >= 4 is 0 Å². The molecule has 0 spiro atoms. The average molecular weight is 188 g/mol. The van der Waals surface area contributed by atoms with Crippen LogP contribution in [0.3, 0.4) is 0 Å². The molecule has 2 N–H and O–H groups in total. The quantitative estimate of drug-likeness (QED) is 0.760. The van der Waals surface area contributed by atoms with Crippen LogP contribution in [0.15, 0.2) is 36.7 Å². The molecule has 0 radical (unpaired) electrons. The second-order valence-electron chi connectivity index (χ2n) is 3.13. The summed E-state index contributed by atoms with van der Waals surface area (Å²) in [4.78, 5) is 4.12. The summed E-state index contributed by atoms with van der Waals surface area (Å²) in [6, 6.07) is 9.66. The van der Waals surface area contributed by atoms with E-state index < -0.39 is 0 Å². The first-order valence-corrected chi connectivity index (χ1v) is 4.43. The molecule has 1 unspecified atom stereocenters. The summed E-state index contributed by atoms with van der Waals surface area (Å²) in [5.41, 5.74) is 7.08. The van der Waals surface area contributed by atoms with Crippen LogP contribution in [0.25, 0.3) is 0 Å². The Labute approximate surface area is 82.4 Å². The minimum absolute atomic E-state index is 0.205. The number of nitrogens with two attached hydrogens (primary N) is 1. The summed E-state index contributed by atoms with van der Waals surface area (Å²) in [5, 5.41) is 3.99. The molecule has 72 valence electrons. The van der Waals surface area contributed by atoms with Crippen molar-refractivity contribution in [3.05, 3.63) is 48.0 Å². The molecule has 1 heterocycles. The second kappa shape index (κ2) is 3.59. The maximum absolute atomic E-state index is 6.04. The van der Waals surface area contributed by atoms with E-state index in [4.69, 9.17) is 5.73 Å². The van der Waals surface area contributed by atoms with Crippen molar-refractivity contribution in [2.75, 3.05) is 0 Å². The molecule has 1 aromatic carbocycles. The van der Waals surface area contributed by atoms with Crippen LogP contribution in [0.4, 0.5) is 0 Å². The Kier molecular flexibility index (Phi) is 2.28. The third-order valence-corrected chi connectivity index (χ3v) is 2.18. The van der Waals surface area contributed by atoms with Crippen LogP contribution in [0.2, 0.25) is 0 Å². The Bertz CT molecular complexity index is 407. The Morgan fingerprint density at radius 3 is 2.57 bits per heavy atom. The van der Waals surface area contributed by atoms with Crippen molar-refractivity contribution in [3.63, 3.8) is 0 Å². The molecular weight excluding hydrogens is 176 g/mol. The summed E-state index contributed by atoms with van der Waals surface area (Å²) in [6.07, 6.45) is 1.51. The van der Waals surface area contributed by atoms with Crippen molar-refractivity contribution in [2.24, 2.45) is 12.8 Å². The highest BCUT2D eigenvalue weighted by atomic mass is 15.3. The molecule has 0 bridgehead atoms. The number of hydrogen-bond donors (Lipinski definition) is 1. The van der Waals surface area contributed by atoms with Crippen molar-refractivity contribution < 1.29 is 0 Å². The van der Waals surface area contributed by atoms with Crippen molar-refractivity contribution in [2.45, 2.75) is 6.04 Å². The van der Waals surface area contributed by atoms with E-state index in [0.717, 1.165) is 11.4 Å². The maximum Gasteiger partial charge on any atom is 0.148 e. The number of hydrogen-bond acceptors (Lipinski definition) is 3. The first-order chi connectivity index (χ1) is 6.79. The molecule has 0 saturated heterocycles. The minimum Gasteiger partial charge on any atom is -0.318 e. The number of nitrogens with zero attached hydrogens (tertiary/aromatic N) is 3. The van der Waals surface area contributed by atoms with Crippen molar-refractivity contribution in [1.29, 1.82) is 0 Å². The molecular formula is C10H12N4. The van der Waals surface area contributed by atoms with Gasteiger partial charge in [0, 0.05) is 7.05 Å². The van der Waals surface area contributed by atoms with Gasteiger partial charge in [-0.15, -0.1) is 0 Å². The maximum atomic E-state index is 6.04. The van der Waals surface area contributed by atoms with Gasteiger partial charge in [0.2, 0.25) is 0 Å². The molecule has 0 saturated carbocycles. The first kappa shape index (κ1) is 8.90. The molecule has 4 nitrogen and oxygen atoms in total. The molecule has 0 aliphatic heterocycles. The molecule has 0 aliphatic carbocycles. The third-order valence-electron chi connectivity index (χ3n) is 2.18. The van der Waals surface area contributed by atoms with E-state index in [-0.39, 0.29) is 6.04 Å². The third kappa shape index (κ3) is 1.52. The summed E-state index contributed by atoms with van der Waals surface area (Å²) in [7, 11) is 1.84. The lowest BCUT2D eigenvalue weighted by molar-refractivity contribution is 0.659. The molecule has 14 heavy (non-hydrogen) atoms. The Hall–Kier alpha value is -1.68. The fourth-order valence-electron chi connectivity index (χ4n) is 1.40. The summed E-state index contributed by atoms with van der Waals surface area (Å²) in [5.74, 6) is 0.774. The van der Waals surface area contributed by atoms with Gasteiger partial charge in [-0.2, -0.15) is 5.10 Å². The minimum atomic E-state index is -0.205. The predicted octanol–water partition coefficient (Wildman–Crippen LogP) is 0.863. The van der Waals surface area contributed by atoms with E-state index >= 15 is 0 Å². The molecule has 0 amide bonds. The van der Waals surface area contributed by atoms with Crippen molar-refractivity contribution in [3.8, 4) is 0 Å². The van der Waals surface area contributed by atoms with Crippen LogP contribution >= 0.6 is 0 Å². The first-order valence-electron chi connectivity index (χ1n) is 4.43. The zero-order chi connectivity index (χ0) is 9.97. The number of aromatic nitrogens is 3. The molecule has 1 aromatic heterocycles. The van der Waals surface area contributed by atoms with Crippen LogP contribution in [0.5, 0.6) is 0 Å². The number of aryl methyl sites for hydroxylation is 1. The molecule has 4 heteroatoms. The van der Waals surface area contributed by atoms with E-state index in [0.29, 0.717) is 0 Å². The lowest BCUT2D eigenvalue weighted by atomic mass is 10.1. The van der Waals surface area contributed by atoms with Gasteiger partial charge in [0.25, 0.3) is 0 Å². The van der Waals surface area contributed by atoms with E-state index in [1.165, 1.54) is 6.33 Å². The standard InChI is InChI=1S/C10H12N4/c1-14-10(12-7-13-14)9(11)8-5-3-2-4-6-8/h2-7,9H,11H2,1H3. The fourth-order valence-corrected chi connectivity index (χ4v) is 1.40. The predicted molar refractivity (Wildman–Crippen MR) is 53.5 cm³/mol. The monoisotopic (exact) mass is 188 g/mol. The Balaban J connectivity index is 2.34. The molecule has 2 rings (SSSR count). The van der Waals surface area contributed by atoms with Gasteiger partial charge in [-0.25, -0.2) is 4.98 Å². The van der Waals surface area contributed by atoms with Crippen molar-refractivity contribution in [1.82, 2.24) is 14.8 Å². The lowest BCUT2D eigenvalue weighted by Crippen LogP contribution is -2.16. The number of rotatable bonds is 2. The lowest BCUT2D eigenvalue weighted by Gasteiger charge is -2.10. The number of benzene rings is 1. The Morgan fingerprint density at radius 1 is 1.29 bits per heavy atom. The zero-order valence-electron chi connectivity index (χ0n) is 7.96. The molecule has 0 fully saturated rings. The van der Waals surface area contributed by atoms with Gasteiger partial charge in [0.05, 0.1) is 6.04 Å². The average Bonchev–Trinajstić information content (AvgIpc) is 2.65. The highest BCUT2D eigenvalue weighted by Crippen LogP contribution is 2.15. The second-order valence-corrected chi connectivity index (χ2v) is 3.13. The topological polar surface area (TPSA) is 56.7 Å². The van der Waals surface area contributed by atoms with Gasteiger partial charge in [0.1, 0.15) is 12.2 Å². The van der Waals surface area contributed by atoms with Crippen LogP contribution < -0.4 is 5.73 Å². The summed E-state index contributed by atoms with van der Waals surface area (Å²) < 4.78 is 1.69. The summed E-state index contributed by atoms with van der Waals surface area (Å²) in [6.45, 7) is 0. The van der Waals surface area contributed by atoms with E-state index in [1.54, 1.807) is 4.68 Å². The van der Waals surface area contributed by atoms with Gasteiger partial charge in [-0.05, 0) is 5.56 Å². The zero-order valence-corrected chi connectivity index (χ0v) is 7.96.